The molecule has 0 aliphatic heterocycles. The van der Waals surface area contributed by atoms with E-state index in [9.17, 15) is 0 Å². The van der Waals surface area contributed by atoms with Gasteiger partial charge in [0.2, 0.25) is 0 Å². The Balaban J connectivity index is 2.33. The molecule has 86 valence electrons. The Kier molecular flexibility index (Phi) is 2.76. The van der Waals surface area contributed by atoms with Gasteiger partial charge in [0, 0.05) is 22.6 Å². The third kappa shape index (κ3) is 2.27. The Labute approximate surface area is 96.9 Å². The molecule has 0 aliphatic carbocycles. The maximum atomic E-state index is 6.08. The molecule has 1 aromatic heterocycles. The highest BCUT2D eigenvalue weighted by Gasteiger charge is 2.18. The normalized spacial score (nSPS) is 14.2. The summed E-state index contributed by atoms with van der Waals surface area (Å²) in [5.41, 5.74) is 8.54. The number of H-pyrrole nitrogens is 1. The van der Waals surface area contributed by atoms with Crippen LogP contribution in [0.1, 0.15) is 38.7 Å². The molecular weight excluding hydrogens is 196 g/mol. The Bertz CT molecular complexity index is 477. The molecule has 1 aromatic carbocycles. The van der Waals surface area contributed by atoms with E-state index in [-0.39, 0.29) is 5.54 Å². The Hall–Kier alpha value is -1.28. The number of benzene rings is 1. The molecule has 2 nitrogen and oxygen atoms in total. The van der Waals surface area contributed by atoms with Gasteiger partial charge in [0.15, 0.2) is 0 Å². The van der Waals surface area contributed by atoms with Crippen molar-refractivity contribution in [3.05, 3.63) is 36.0 Å². The molecule has 0 saturated carbocycles. The summed E-state index contributed by atoms with van der Waals surface area (Å²) in [4.78, 5) is 3.31. The second kappa shape index (κ2) is 3.95. The average molecular weight is 216 g/mol. The number of hydrogen-bond acceptors (Lipinski definition) is 1. The largest absolute Gasteiger partial charge is 0.361 e. The fourth-order valence-corrected chi connectivity index (χ4v) is 2.40. The van der Waals surface area contributed by atoms with Crippen molar-refractivity contribution in [2.24, 2.45) is 5.73 Å². The van der Waals surface area contributed by atoms with Crippen molar-refractivity contribution in [3.8, 4) is 0 Å². The van der Waals surface area contributed by atoms with E-state index in [4.69, 9.17) is 5.73 Å². The highest BCUT2D eigenvalue weighted by Crippen LogP contribution is 2.30. The van der Waals surface area contributed by atoms with Crippen molar-refractivity contribution < 1.29 is 0 Å². The van der Waals surface area contributed by atoms with E-state index in [1.54, 1.807) is 0 Å². The van der Waals surface area contributed by atoms with Crippen LogP contribution in [-0.4, -0.2) is 10.5 Å². The third-order valence-corrected chi connectivity index (χ3v) is 2.98. The zero-order chi connectivity index (χ0) is 11.8. The van der Waals surface area contributed by atoms with Gasteiger partial charge < -0.3 is 10.7 Å². The maximum Gasteiger partial charge on any atom is 0.0456 e. The number of aromatic amines is 1. The van der Waals surface area contributed by atoms with E-state index >= 15 is 0 Å². The fourth-order valence-electron chi connectivity index (χ4n) is 2.40. The number of para-hydroxylation sites is 1. The number of nitrogens with two attached hydrogens (primary N) is 1. The molecular formula is C14H20N2. The zero-order valence-corrected chi connectivity index (χ0v) is 10.2. The van der Waals surface area contributed by atoms with Crippen molar-refractivity contribution in [2.45, 2.75) is 38.6 Å². The first-order chi connectivity index (χ1) is 7.47. The van der Waals surface area contributed by atoms with Crippen LogP contribution in [0.5, 0.6) is 0 Å². The van der Waals surface area contributed by atoms with Gasteiger partial charge in [-0.3, -0.25) is 0 Å². The van der Waals surface area contributed by atoms with Crippen molar-refractivity contribution in [2.75, 3.05) is 0 Å². The quantitative estimate of drug-likeness (QED) is 0.811. The van der Waals surface area contributed by atoms with E-state index in [1.807, 2.05) is 0 Å². The van der Waals surface area contributed by atoms with Gasteiger partial charge in [-0.1, -0.05) is 25.1 Å². The lowest BCUT2D eigenvalue weighted by atomic mass is 9.88. The Morgan fingerprint density at radius 2 is 2.00 bits per heavy atom. The minimum Gasteiger partial charge on any atom is -0.361 e. The van der Waals surface area contributed by atoms with E-state index in [1.165, 1.54) is 16.5 Å². The summed E-state index contributed by atoms with van der Waals surface area (Å²) >= 11 is 0. The molecule has 1 unspecified atom stereocenters. The highest BCUT2D eigenvalue weighted by atomic mass is 14.7. The van der Waals surface area contributed by atoms with Crippen molar-refractivity contribution >= 4 is 10.9 Å². The van der Waals surface area contributed by atoms with Crippen molar-refractivity contribution in [1.29, 1.82) is 0 Å². The Morgan fingerprint density at radius 3 is 2.69 bits per heavy atom. The van der Waals surface area contributed by atoms with Gasteiger partial charge in [0.05, 0.1) is 0 Å². The minimum absolute atomic E-state index is 0.113. The van der Waals surface area contributed by atoms with Gasteiger partial charge in [-0.15, -0.1) is 0 Å². The predicted molar refractivity (Wildman–Crippen MR) is 69.6 cm³/mol. The van der Waals surface area contributed by atoms with E-state index < -0.39 is 0 Å². The van der Waals surface area contributed by atoms with E-state index in [0.29, 0.717) is 5.92 Å². The van der Waals surface area contributed by atoms with E-state index in [2.05, 4.69) is 56.2 Å². The van der Waals surface area contributed by atoms with Crippen LogP contribution >= 0.6 is 0 Å². The second-order valence-electron chi connectivity index (χ2n) is 5.38. The number of nitrogens with one attached hydrogen (secondary N) is 1. The Morgan fingerprint density at radius 1 is 1.31 bits per heavy atom. The smallest absolute Gasteiger partial charge is 0.0456 e. The number of fused-ring (bicyclic) bond motifs is 1. The molecule has 0 amide bonds. The predicted octanol–water partition coefficient (Wildman–Crippen LogP) is 3.40. The van der Waals surface area contributed by atoms with Crippen LogP contribution in [0.4, 0.5) is 0 Å². The van der Waals surface area contributed by atoms with E-state index in [0.717, 1.165) is 6.42 Å². The van der Waals surface area contributed by atoms with Crippen LogP contribution < -0.4 is 5.73 Å². The summed E-state index contributed by atoms with van der Waals surface area (Å²) in [5.74, 6) is 0.483. The van der Waals surface area contributed by atoms with Crippen LogP contribution in [0.2, 0.25) is 0 Å². The van der Waals surface area contributed by atoms with Crippen LogP contribution in [0.3, 0.4) is 0 Å². The first kappa shape index (κ1) is 11.2. The van der Waals surface area contributed by atoms with Crippen LogP contribution in [-0.2, 0) is 0 Å². The van der Waals surface area contributed by atoms with Gasteiger partial charge >= 0.3 is 0 Å². The summed E-state index contributed by atoms with van der Waals surface area (Å²) in [5, 5.41) is 1.32. The first-order valence-corrected chi connectivity index (χ1v) is 5.82. The van der Waals surface area contributed by atoms with Crippen molar-refractivity contribution in [3.63, 3.8) is 0 Å². The zero-order valence-electron chi connectivity index (χ0n) is 10.2. The second-order valence-corrected chi connectivity index (χ2v) is 5.38. The summed E-state index contributed by atoms with van der Waals surface area (Å²) in [7, 11) is 0. The molecule has 2 heteroatoms. The monoisotopic (exact) mass is 216 g/mol. The lowest BCUT2D eigenvalue weighted by molar-refractivity contribution is 0.438. The summed E-state index contributed by atoms with van der Waals surface area (Å²) in [6.07, 6.45) is 3.11. The standard InChI is InChI=1S/C14H20N2/c1-10(8-14(2,3)15)12-9-16-13-7-5-4-6-11(12)13/h4-7,9-10,16H,8,15H2,1-3H3. The molecule has 0 fully saturated rings. The van der Waals surface area contributed by atoms with Crippen molar-refractivity contribution in [1.82, 2.24) is 4.98 Å². The van der Waals surface area contributed by atoms with Gasteiger partial charge in [-0.2, -0.15) is 0 Å². The van der Waals surface area contributed by atoms with Crippen LogP contribution in [0, 0.1) is 0 Å². The number of rotatable bonds is 3. The molecule has 0 radical (unpaired) electrons. The van der Waals surface area contributed by atoms with Gasteiger partial charge in [0.25, 0.3) is 0 Å². The maximum absolute atomic E-state index is 6.08. The van der Waals surface area contributed by atoms with Crippen LogP contribution in [0.25, 0.3) is 10.9 Å². The summed E-state index contributed by atoms with van der Waals surface area (Å²) < 4.78 is 0. The van der Waals surface area contributed by atoms with Gasteiger partial charge in [-0.05, 0) is 37.8 Å². The average Bonchev–Trinajstić information content (AvgIpc) is 2.58. The van der Waals surface area contributed by atoms with Gasteiger partial charge in [0.1, 0.15) is 0 Å². The minimum atomic E-state index is -0.113. The lowest BCUT2D eigenvalue weighted by Gasteiger charge is -2.23. The molecule has 1 atom stereocenters. The molecule has 0 bridgehead atoms. The fraction of sp³-hybridized carbons (Fsp3) is 0.429. The number of hydrogen-bond donors (Lipinski definition) is 2. The molecule has 2 rings (SSSR count). The molecule has 2 aromatic rings. The molecule has 3 N–H and O–H groups in total. The third-order valence-electron chi connectivity index (χ3n) is 2.98. The molecule has 1 heterocycles. The summed E-state index contributed by atoms with van der Waals surface area (Å²) in [6.45, 7) is 6.40. The molecule has 0 spiro atoms. The summed E-state index contributed by atoms with van der Waals surface area (Å²) in [6, 6.07) is 8.42. The topological polar surface area (TPSA) is 41.8 Å². The molecule has 0 saturated heterocycles. The van der Waals surface area contributed by atoms with Crippen LogP contribution in [0.15, 0.2) is 30.5 Å². The van der Waals surface area contributed by atoms with Gasteiger partial charge in [-0.25, -0.2) is 0 Å². The molecule has 16 heavy (non-hydrogen) atoms. The first-order valence-electron chi connectivity index (χ1n) is 5.82. The highest BCUT2D eigenvalue weighted by molar-refractivity contribution is 5.83. The lowest BCUT2D eigenvalue weighted by Crippen LogP contribution is -2.33. The molecule has 0 aliphatic rings. The SMILES string of the molecule is CC(CC(C)(C)N)c1c[nH]c2ccccc12. The number of aromatic nitrogens is 1.